The van der Waals surface area contributed by atoms with E-state index in [0.29, 0.717) is 0 Å². The van der Waals surface area contributed by atoms with Crippen molar-refractivity contribution in [3.8, 4) is 27.9 Å². The SMILES string of the molecule is C=CC1=C(c2c(C)n(-c3ccccc3)c3c(C)c(-c4ccccc4C)ccc23)c2ccccc2C1(C)C.Cc1ccc(-c2ccccc2)cc1. The van der Waals surface area contributed by atoms with E-state index >= 15 is 0 Å². The molecule has 0 atom stereocenters. The van der Waals surface area contributed by atoms with Crippen LogP contribution in [0.25, 0.3) is 44.4 Å². The van der Waals surface area contributed by atoms with Gasteiger partial charge in [0.05, 0.1) is 5.52 Å². The van der Waals surface area contributed by atoms with E-state index in [2.05, 4.69) is 198 Å². The van der Waals surface area contributed by atoms with Crippen LogP contribution < -0.4 is 0 Å². The minimum absolute atomic E-state index is 0.0998. The Morgan fingerprint density at radius 2 is 1.14 bits per heavy atom. The molecule has 1 nitrogen and oxygen atoms in total. The number of nitrogens with zero attached hydrogens (tertiary/aromatic N) is 1. The van der Waals surface area contributed by atoms with E-state index in [1.54, 1.807) is 0 Å². The van der Waals surface area contributed by atoms with Crippen molar-refractivity contribution < 1.29 is 0 Å². The lowest BCUT2D eigenvalue weighted by Gasteiger charge is -2.22. The molecule has 6 aromatic carbocycles. The van der Waals surface area contributed by atoms with Crippen LogP contribution in [-0.2, 0) is 5.41 Å². The summed E-state index contributed by atoms with van der Waals surface area (Å²) >= 11 is 0. The van der Waals surface area contributed by atoms with Crippen molar-refractivity contribution in [1.82, 2.24) is 4.57 Å². The van der Waals surface area contributed by atoms with Gasteiger partial charge in [0.1, 0.15) is 0 Å². The van der Waals surface area contributed by atoms with Gasteiger partial charge in [-0.2, -0.15) is 0 Å². The van der Waals surface area contributed by atoms with Gasteiger partial charge in [0.2, 0.25) is 0 Å². The first-order chi connectivity index (χ1) is 24.2. The molecule has 1 heterocycles. The largest absolute Gasteiger partial charge is 0.313 e. The molecule has 7 aromatic rings. The van der Waals surface area contributed by atoms with Crippen molar-refractivity contribution in [2.24, 2.45) is 0 Å². The minimum Gasteiger partial charge on any atom is -0.313 e. The molecule has 1 aliphatic carbocycles. The highest BCUT2D eigenvalue weighted by Crippen LogP contribution is 2.52. The fraction of sp³-hybridized carbons (Fsp3) is 0.143. The molecule has 1 aromatic heterocycles. The van der Waals surface area contributed by atoms with Crippen LogP contribution in [0.4, 0.5) is 0 Å². The number of para-hydroxylation sites is 1. The third-order valence-electron chi connectivity index (χ3n) is 10.5. The fourth-order valence-electron chi connectivity index (χ4n) is 7.90. The fourth-order valence-corrected chi connectivity index (χ4v) is 7.90. The maximum Gasteiger partial charge on any atom is 0.0573 e. The Morgan fingerprint density at radius 1 is 0.560 bits per heavy atom. The molecular formula is C49H45N. The number of aryl methyl sites for hydroxylation is 3. The van der Waals surface area contributed by atoms with E-state index in [1.165, 1.54) is 89.1 Å². The Hall–Kier alpha value is -5.66. The zero-order valence-corrected chi connectivity index (χ0v) is 30.1. The third kappa shape index (κ3) is 5.63. The number of hydrogen-bond donors (Lipinski definition) is 0. The second kappa shape index (κ2) is 13.3. The molecule has 0 radical (unpaired) electrons. The van der Waals surface area contributed by atoms with Gasteiger partial charge >= 0.3 is 0 Å². The molecule has 1 aliphatic rings. The molecule has 1 heteroatoms. The number of fused-ring (bicyclic) bond motifs is 2. The average molecular weight is 648 g/mol. The molecule has 0 spiro atoms. The number of hydrogen-bond acceptors (Lipinski definition) is 0. The zero-order chi connectivity index (χ0) is 35.0. The highest BCUT2D eigenvalue weighted by Gasteiger charge is 2.38. The Kier molecular flexibility index (Phi) is 8.76. The van der Waals surface area contributed by atoms with Crippen LogP contribution >= 0.6 is 0 Å². The van der Waals surface area contributed by atoms with Gasteiger partial charge in [0, 0.05) is 27.7 Å². The molecule has 0 amide bonds. The number of allylic oxidation sites excluding steroid dienone is 2. The van der Waals surface area contributed by atoms with E-state index in [9.17, 15) is 0 Å². The summed E-state index contributed by atoms with van der Waals surface area (Å²) in [4.78, 5) is 0. The molecule has 246 valence electrons. The number of rotatable bonds is 5. The predicted octanol–water partition coefficient (Wildman–Crippen LogP) is 13.2. The zero-order valence-electron chi connectivity index (χ0n) is 30.1. The number of benzene rings is 6. The van der Waals surface area contributed by atoms with Gasteiger partial charge in [-0.3, -0.25) is 0 Å². The van der Waals surface area contributed by atoms with E-state index in [0.717, 1.165) is 0 Å². The van der Waals surface area contributed by atoms with E-state index in [1.807, 2.05) is 6.07 Å². The van der Waals surface area contributed by atoms with E-state index < -0.39 is 0 Å². The van der Waals surface area contributed by atoms with Crippen molar-refractivity contribution in [2.45, 2.75) is 47.0 Å². The lowest BCUT2D eigenvalue weighted by Crippen LogP contribution is -2.15. The van der Waals surface area contributed by atoms with Crippen LogP contribution in [0.2, 0.25) is 0 Å². The number of aromatic nitrogens is 1. The second-order valence-electron chi connectivity index (χ2n) is 14.0. The molecular weight excluding hydrogens is 603 g/mol. The van der Waals surface area contributed by atoms with Gasteiger partial charge in [-0.25, -0.2) is 0 Å². The molecule has 0 N–H and O–H groups in total. The van der Waals surface area contributed by atoms with Crippen molar-refractivity contribution >= 4 is 16.5 Å². The lowest BCUT2D eigenvalue weighted by atomic mass is 9.81. The highest BCUT2D eigenvalue weighted by molar-refractivity contribution is 6.06. The standard InChI is InChI=1S/C36H33N.C13H12/c1-7-31-34(29-19-13-14-20-32(29)36(31,5)6)33-25(4)37(26-16-9-8-10-17-26)35-24(3)28(21-22-30(33)35)27-18-12-11-15-23(27)2;1-11-7-9-13(10-8-11)12-5-3-2-4-6-12/h7-22H,1H2,2-6H3;2-10H,1H3. The van der Waals surface area contributed by atoms with Crippen molar-refractivity contribution in [2.75, 3.05) is 0 Å². The van der Waals surface area contributed by atoms with Crippen molar-refractivity contribution in [3.05, 3.63) is 203 Å². The summed E-state index contributed by atoms with van der Waals surface area (Å²) in [5, 5.41) is 1.29. The van der Waals surface area contributed by atoms with Crippen LogP contribution in [0.5, 0.6) is 0 Å². The van der Waals surface area contributed by atoms with Gasteiger partial charge in [0.15, 0.2) is 0 Å². The Balaban J connectivity index is 0.000000253. The second-order valence-corrected chi connectivity index (χ2v) is 14.0. The van der Waals surface area contributed by atoms with Gasteiger partial charge in [0.25, 0.3) is 0 Å². The Bertz CT molecular complexity index is 2370. The normalized spacial score (nSPS) is 13.2. The van der Waals surface area contributed by atoms with Gasteiger partial charge in [-0.1, -0.05) is 166 Å². The lowest BCUT2D eigenvalue weighted by molar-refractivity contribution is 0.654. The van der Waals surface area contributed by atoms with Crippen molar-refractivity contribution in [3.63, 3.8) is 0 Å². The summed E-state index contributed by atoms with van der Waals surface area (Å²) in [6, 6.07) is 52.0. The van der Waals surface area contributed by atoms with Crippen LogP contribution in [0.1, 0.15) is 52.9 Å². The predicted molar refractivity (Wildman–Crippen MR) is 215 cm³/mol. The van der Waals surface area contributed by atoms with E-state index in [4.69, 9.17) is 0 Å². The monoisotopic (exact) mass is 647 g/mol. The summed E-state index contributed by atoms with van der Waals surface area (Å²) in [6.45, 7) is 17.8. The molecule has 0 saturated carbocycles. The summed E-state index contributed by atoms with van der Waals surface area (Å²) in [5.74, 6) is 0. The smallest absolute Gasteiger partial charge is 0.0573 e. The quantitative estimate of drug-likeness (QED) is 0.175. The molecule has 0 saturated heterocycles. The first-order valence-corrected chi connectivity index (χ1v) is 17.6. The summed E-state index contributed by atoms with van der Waals surface area (Å²) in [6.07, 6.45) is 2.08. The van der Waals surface area contributed by atoms with Crippen LogP contribution in [-0.4, -0.2) is 4.57 Å². The maximum absolute atomic E-state index is 4.29. The first-order valence-electron chi connectivity index (χ1n) is 17.6. The molecule has 0 fully saturated rings. The summed E-state index contributed by atoms with van der Waals surface area (Å²) in [5.41, 5.74) is 19.3. The van der Waals surface area contributed by atoms with Gasteiger partial charge < -0.3 is 4.57 Å². The van der Waals surface area contributed by atoms with Gasteiger partial charge in [-0.05, 0) is 95.5 Å². The van der Waals surface area contributed by atoms with Crippen molar-refractivity contribution in [1.29, 1.82) is 0 Å². The summed E-state index contributed by atoms with van der Waals surface area (Å²) < 4.78 is 2.46. The molecule has 50 heavy (non-hydrogen) atoms. The van der Waals surface area contributed by atoms with Crippen LogP contribution in [0.15, 0.2) is 164 Å². The van der Waals surface area contributed by atoms with Crippen LogP contribution in [0.3, 0.4) is 0 Å². The first kappa shape index (κ1) is 32.9. The molecule has 0 bridgehead atoms. The highest BCUT2D eigenvalue weighted by atomic mass is 15.0. The Morgan fingerprint density at radius 3 is 1.80 bits per heavy atom. The molecule has 8 rings (SSSR count). The van der Waals surface area contributed by atoms with E-state index in [-0.39, 0.29) is 5.41 Å². The maximum atomic E-state index is 4.29. The minimum atomic E-state index is -0.0998. The van der Waals surface area contributed by atoms with Crippen LogP contribution in [0, 0.1) is 27.7 Å². The molecule has 0 aliphatic heterocycles. The Labute approximate surface area is 297 Å². The third-order valence-corrected chi connectivity index (χ3v) is 10.5. The summed E-state index contributed by atoms with van der Waals surface area (Å²) in [7, 11) is 0. The molecule has 0 unspecified atom stereocenters. The average Bonchev–Trinajstić information content (AvgIpc) is 3.56. The topological polar surface area (TPSA) is 4.93 Å². The van der Waals surface area contributed by atoms with Gasteiger partial charge in [-0.15, -0.1) is 0 Å².